The van der Waals surface area contributed by atoms with Gasteiger partial charge in [-0.1, -0.05) is 42.0 Å². The minimum absolute atomic E-state index is 0.0234. The summed E-state index contributed by atoms with van der Waals surface area (Å²) in [6.45, 7) is 0.0468. The zero-order valence-corrected chi connectivity index (χ0v) is 16.9. The number of aliphatic hydroxyl groups excluding tert-OH is 3. The molecule has 0 spiro atoms. The molecule has 160 valence electrons. The molecule has 0 heterocycles. The lowest BCUT2D eigenvalue weighted by Gasteiger charge is -2.19. The van der Waals surface area contributed by atoms with Crippen molar-refractivity contribution in [3.05, 3.63) is 53.6 Å². The lowest BCUT2D eigenvalue weighted by molar-refractivity contribution is -0.305. The highest BCUT2D eigenvalue weighted by Gasteiger charge is 2.39. The second-order valence-electron chi connectivity index (χ2n) is 7.30. The normalized spacial score (nSPS) is 25.7. The number of benzene rings is 1. The Morgan fingerprint density at radius 3 is 2.83 bits per heavy atom. The average Bonchev–Trinajstić information content (AvgIpc) is 2.93. The molecule has 3 N–H and O–H groups in total. The van der Waals surface area contributed by atoms with Crippen LogP contribution in [0.5, 0.6) is 5.75 Å². The van der Waals surface area contributed by atoms with Crippen LogP contribution in [0.1, 0.15) is 32.1 Å². The van der Waals surface area contributed by atoms with Gasteiger partial charge in [0.15, 0.2) is 0 Å². The third-order valence-electron chi connectivity index (χ3n) is 5.01. The van der Waals surface area contributed by atoms with Gasteiger partial charge in [0.05, 0.1) is 12.2 Å². The molecular formula is C22H28ClO6-. The van der Waals surface area contributed by atoms with Gasteiger partial charge in [0.25, 0.3) is 0 Å². The van der Waals surface area contributed by atoms with E-state index in [1.54, 1.807) is 36.4 Å². The van der Waals surface area contributed by atoms with E-state index in [1.807, 2.05) is 12.2 Å². The Labute approximate surface area is 176 Å². The number of carboxylic acids is 1. The van der Waals surface area contributed by atoms with Gasteiger partial charge in [0.2, 0.25) is 0 Å². The lowest BCUT2D eigenvalue weighted by atomic mass is 9.89. The van der Waals surface area contributed by atoms with Gasteiger partial charge in [0, 0.05) is 23.3 Å². The molecule has 0 aliphatic heterocycles. The Morgan fingerprint density at radius 2 is 2.10 bits per heavy atom. The van der Waals surface area contributed by atoms with Crippen LogP contribution >= 0.6 is 11.6 Å². The van der Waals surface area contributed by atoms with E-state index in [0.29, 0.717) is 30.0 Å². The molecule has 1 saturated carbocycles. The minimum atomic E-state index is -1.06. The van der Waals surface area contributed by atoms with Crippen LogP contribution in [0, 0.1) is 11.8 Å². The molecule has 0 amide bonds. The number of ether oxygens (including phenoxy) is 1. The SMILES string of the molecule is O=C([O-])CCCC=CCC1C(O)CC(O)C1C=CC(O)COc1cccc(Cl)c1. The second kappa shape index (κ2) is 12.0. The summed E-state index contributed by atoms with van der Waals surface area (Å²) in [6, 6.07) is 6.89. The first-order valence-electron chi connectivity index (χ1n) is 9.82. The summed E-state index contributed by atoms with van der Waals surface area (Å²) in [5.41, 5.74) is 0. The molecule has 0 bridgehead atoms. The van der Waals surface area contributed by atoms with Crippen molar-refractivity contribution < 1.29 is 30.0 Å². The van der Waals surface area contributed by atoms with Gasteiger partial charge in [-0.05, 0) is 49.8 Å². The van der Waals surface area contributed by atoms with Crippen LogP contribution in [0.2, 0.25) is 5.02 Å². The highest BCUT2D eigenvalue weighted by Crippen LogP contribution is 2.36. The number of aliphatic hydroxyl groups is 3. The average molecular weight is 424 g/mol. The number of hydrogen-bond acceptors (Lipinski definition) is 6. The quantitative estimate of drug-likeness (QED) is 0.370. The fourth-order valence-electron chi connectivity index (χ4n) is 3.49. The number of carboxylic acid groups (broad SMARTS) is 1. The van der Waals surface area contributed by atoms with Gasteiger partial charge in [0.1, 0.15) is 18.5 Å². The Bertz CT molecular complexity index is 704. The largest absolute Gasteiger partial charge is 0.550 e. The first-order valence-corrected chi connectivity index (χ1v) is 10.2. The zero-order chi connectivity index (χ0) is 21.2. The number of halogens is 1. The van der Waals surface area contributed by atoms with Crippen LogP contribution in [0.25, 0.3) is 0 Å². The number of unbranched alkanes of at least 4 members (excludes halogenated alkanes) is 1. The van der Waals surface area contributed by atoms with E-state index in [1.165, 1.54) is 0 Å². The van der Waals surface area contributed by atoms with Gasteiger partial charge in [-0.3, -0.25) is 0 Å². The summed E-state index contributed by atoms with van der Waals surface area (Å²) in [7, 11) is 0. The van der Waals surface area contributed by atoms with E-state index in [0.717, 1.165) is 0 Å². The summed E-state index contributed by atoms with van der Waals surface area (Å²) < 4.78 is 5.50. The second-order valence-corrected chi connectivity index (χ2v) is 7.74. The molecule has 1 aromatic rings. The molecular weight excluding hydrogens is 396 g/mol. The number of aliphatic carboxylic acids is 1. The van der Waals surface area contributed by atoms with Crippen LogP contribution < -0.4 is 9.84 Å². The molecule has 1 aliphatic carbocycles. The van der Waals surface area contributed by atoms with Crippen molar-refractivity contribution in [2.24, 2.45) is 11.8 Å². The summed E-state index contributed by atoms with van der Waals surface area (Å²) in [5.74, 6) is -0.947. The minimum Gasteiger partial charge on any atom is -0.550 e. The molecule has 29 heavy (non-hydrogen) atoms. The van der Waals surface area contributed by atoms with Crippen LogP contribution in [-0.4, -0.2) is 46.2 Å². The standard InChI is InChI=1S/C22H29ClO6/c23-15-6-5-7-17(12-15)29-14-16(24)10-11-19-18(20(25)13-21(19)26)8-3-1-2-4-9-22(27)28/h1,3,5-7,10-12,16,18-21,24-26H,2,4,8-9,13-14H2,(H,27,28)/p-1. The Hall–Kier alpha value is -1.86. The third kappa shape index (κ3) is 8.19. The van der Waals surface area contributed by atoms with Gasteiger partial charge in [-0.15, -0.1) is 0 Å². The van der Waals surface area contributed by atoms with E-state index in [-0.39, 0.29) is 31.3 Å². The van der Waals surface area contributed by atoms with Crippen molar-refractivity contribution in [2.45, 2.75) is 50.4 Å². The summed E-state index contributed by atoms with van der Waals surface area (Å²) in [4.78, 5) is 10.4. The van der Waals surface area contributed by atoms with Crippen LogP contribution in [0.15, 0.2) is 48.6 Å². The van der Waals surface area contributed by atoms with E-state index in [9.17, 15) is 25.2 Å². The molecule has 1 aliphatic rings. The smallest absolute Gasteiger partial charge is 0.120 e. The van der Waals surface area contributed by atoms with E-state index < -0.39 is 24.3 Å². The summed E-state index contributed by atoms with van der Waals surface area (Å²) >= 11 is 5.89. The molecule has 5 atom stereocenters. The third-order valence-corrected chi connectivity index (χ3v) is 5.25. The van der Waals surface area contributed by atoms with Crippen molar-refractivity contribution >= 4 is 17.6 Å². The molecule has 1 fully saturated rings. The lowest BCUT2D eigenvalue weighted by Crippen LogP contribution is -2.21. The van der Waals surface area contributed by atoms with Crippen molar-refractivity contribution in [2.75, 3.05) is 6.61 Å². The summed E-state index contributed by atoms with van der Waals surface area (Å²) in [6.07, 6.45) is 6.93. The number of carbonyl (C=O) groups is 1. The van der Waals surface area contributed by atoms with Gasteiger partial charge in [-0.25, -0.2) is 0 Å². The number of allylic oxidation sites excluding steroid dienone is 2. The molecule has 5 unspecified atom stereocenters. The van der Waals surface area contributed by atoms with Crippen LogP contribution in [0.3, 0.4) is 0 Å². The monoisotopic (exact) mass is 423 g/mol. The highest BCUT2D eigenvalue weighted by atomic mass is 35.5. The molecule has 2 rings (SSSR count). The van der Waals surface area contributed by atoms with E-state index in [2.05, 4.69) is 0 Å². The van der Waals surface area contributed by atoms with Crippen LogP contribution in [0.4, 0.5) is 0 Å². The molecule has 7 heteroatoms. The molecule has 6 nitrogen and oxygen atoms in total. The van der Waals surface area contributed by atoms with E-state index in [4.69, 9.17) is 16.3 Å². The first-order chi connectivity index (χ1) is 13.9. The maximum absolute atomic E-state index is 10.4. The molecule has 0 saturated heterocycles. The topological polar surface area (TPSA) is 110 Å². The number of carbonyl (C=O) groups excluding carboxylic acids is 1. The number of rotatable bonds is 11. The fourth-order valence-corrected chi connectivity index (χ4v) is 3.67. The van der Waals surface area contributed by atoms with Gasteiger partial charge < -0.3 is 30.0 Å². The summed E-state index contributed by atoms with van der Waals surface area (Å²) in [5, 5.41) is 41.6. The van der Waals surface area contributed by atoms with Gasteiger partial charge >= 0.3 is 0 Å². The fraction of sp³-hybridized carbons (Fsp3) is 0.500. The maximum Gasteiger partial charge on any atom is 0.120 e. The van der Waals surface area contributed by atoms with Crippen LogP contribution in [-0.2, 0) is 4.79 Å². The highest BCUT2D eigenvalue weighted by molar-refractivity contribution is 6.30. The van der Waals surface area contributed by atoms with Crippen molar-refractivity contribution in [3.8, 4) is 5.75 Å². The number of hydrogen-bond donors (Lipinski definition) is 3. The van der Waals surface area contributed by atoms with Crippen molar-refractivity contribution in [1.82, 2.24) is 0 Å². The zero-order valence-electron chi connectivity index (χ0n) is 16.2. The Kier molecular flexibility index (Phi) is 9.67. The maximum atomic E-state index is 10.4. The van der Waals surface area contributed by atoms with E-state index >= 15 is 0 Å². The molecule has 0 aromatic heterocycles. The predicted octanol–water partition coefficient (Wildman–Crippen LogP) is 1.86. The van der Waals surface area contributed by atoms with Crippen molar-refractivity contribution in [3.63, 3.8) is 0 Å². The molecule has 1 aromatic carbocycles. The Morgan fingerprint density at radius 1 is 1.31 bits per heavy atom. The Balaban J connectivity index is 1.83. The van der Waals surface area contributed by atoms with Crippen molar-refractivity contribution in [1.29, 1.82) is 0 Å². The first kappa shape index (κ1) is 23.4. The van der Waals surface area contributed by atoms with Gasteiger partial charge in [-0.2, -0.15) is 0 Å². The molecule has 0 radical (unpaired) electrons. The predicted molar refractivity (Wildman–Crippen MR) is 108 cm³/mol.